The average molecular weight is 418 g/mol. The van der Waals surface area contributed by atoms with Crippen LogP contribution in [0.1, 0.15) is 22.7 Å². The molecule has 0 aliphatic carbocycles. The maximum absolute atomic E-state index is 13.5. The third-order valence-corrected chi connectivity index (χ3v) is 5.17. The number of hydrogen-bond donors (Lipinski definition) is 1. The van der Waals surface area contributed by atoms with Crippen molar-refractivity contribution in [3.63, 3.8) is 0 Å². The van der Waals surface area contributed by atoms with Gasteiger partial charge in [-0.25, -0.2) is 4.39 Å². The number of carbonyl (C=O) groups excluding carboxylic acids is 2. The highest BCUT2D eigenvalue weighted by atomic mass is 19.1. The third kappa shape index (κ3) is 3.90. The number of Topliss-reactive ketones (excluding diaryl/α,β-unsaturated/α-hetero) is 1. The van der Waals surface area contributed by atoms with E-state index in [-0.39, 0.29) is 17.9 Å². The van der Waals surface area contributed by atoms with E-state index in [1.54, 1.807) is 48.8 Å². The van der Waals surface area contributed by atoms with Crippen molar-refractivity contribution in [2.45, 2.75) is 12.6 Å². The molecule has 1 aromatic heterocycles. The van der Waals surface area contributed by atoms with Crippen molar-refractivity contribution in [1.82, 2.24) is 9.88 Å². The van der Waals surface area contributed by atoms with E-state index in [0.29, 0.717) is 16.9 Å². The van der Waals surface area contributed by atoms with Crippen molar-refractivity contribution >= 4 is 17.4 Å². The van der Waals surface area contributed by atoms with Gasteiger partial charge in [-0.2, -0.15) is 0 Å². The maximum Gasteiger partial charge on any atom is 0.295 e. The van der Waals surface area contributed by atoms with Crippen LogP contribution >= 0.6 is 0 Å². The Morgan fingerprint density at radius 1 is 1.10 bits per heavy atom. The maximum atomic E-state index is 13.5. The molecule has 1 N–H and O–H groups in total. The molecule has 1 aliphatic heterocycles. The van der Waals surface area contributed by atoms with E-state index in [1.165, 1.54) is 36.3 Å². The largest absolute Gasteiger partial charge is 0.507 e. The van der Waals surface area contributed by atoms with Crippen LogP contribution in [-0.2, 0) is 16.1 Å². The highest BCUT2D eigenvalue weighted by Gasteiger charge is 2.46. The first-order valence-corrected chi connectivity index (χ1v) is 9.57. The number of amides is 1. The Kier molecular flexibility index (Phi) is 5.49. The number of rotatable bonds is 5. The molecule has 4 rings (SSSR count). The predicted molar refractivity (Wildman–Crippen MR) is 111 cm³/mol. The number of halogens is 1. The molecule has 1 amide bonds. The normalized spacial score (nSPS) is 17.7. The zero-order valence-electron chi connectivity index (χ0n) is 16.7. The molecular weight excluding hydrogens is 399 g/mol. The molecule has 3 aromatic rings. The zero-order valence-corrected chi connectivity index (χ0v) is 16.7. The van der Waals surface area contributed by atoms with Gasteiger partial charge in [-0.15, -0.1) is 0 Å². The van der Waals surface area contributed by atoms with Crippen molar-refractivity contribution in [2.75, 3.05) is 7.11 Å². The van der Waals surface area contributed by atoms with Gasteiger partial charge in [0.1, 0.15) is 17.3 Å². The molecular formula is C24H19FN2O4. The van der Waals surface area contributed by atoms with E-state index in [4.69, 9.17) is 4.74 Å². The van der Waals surface area contributed by atoms with Crippen molar-refractivity contribution in [2.24, 2.45) is 0 Å². The molecule has 1 saturated heterocycles. The first-order valence-electron chi connectivity index (χ1n) is 9.57. The number of likely N-dealkylation sites (tertiary alicyclic amines) is 1. The van der Waals surface area contributed by atoms with E-state index in [1.807, 2.05) is 0 Å². The van der Waals surface area contributed by atoms with E-state index < -0.39 is 23.5 Å². The van der Waals surface area contributed by atoms with Gasteiger partial charge in [-0.1, -0.05) is 24.3 Å². The second-order valence-corrected chi connectivity index (χ2v) is 7.07. The summed E-state index contributed by atoms with van der Waals surface area (Å²) in [5.41, 5.74) is 1.57. The Hall–Kier alpha value is -4.00. The van der Waals surface area contributed by atoms with Gasteiger partial charge in [0.2, 0.25) is 0 Å². The van der Waals surface area contributed by atoms with Crippen LogP contribution in [0.15, 0.2) is 78.6 Å². The lowest BCUT2D eigenvalue weighted by atomic mass is 9.95. The van der Waals surface area contributed by atoms with Crippen LogP contribution in [0.2, 0.25) is 0 Å². The molecule has 1 unspecified atom stereocenters. The summed E-state index contributed by atoms with van der Waals surface area (Å²) in [6.07, 6.45) is 3.18. The molecule has 0 spiro atoms. The van der Waals surface area contributed by atoms with Gasteiger partial charge in [0.15, 0.2) is 0 Å². The standard InChI is InChI=1S/C24H19FN2O4/c1-31-19-4-2-3-17(13-19)22(28)20-21(16-5-7-18(25)8-6-16)27(24(30)23(20)29)14-15-9-11-26-12-10-15/h2-13,21,28H,14H2,1H3/b22-20-. The summed E-state index contributed by atoms with van der Waals surface area (Å²) in [7, 11) is 1.49. The van der Waals surface area contributed by atoms with Crippen LogP contribution in [-0.4, -0.2) is 33.8 Å². The van der Waals surface area contributed by atoms with Crippen LogP contribution in [0.25, 0.3) is 5.76 Å². The number of benzene rings is 2. The van der Waals surface area contributed by atoms with Gasteiger partial charge in [0.05, 0.1) is 18.7 Å². The highest BCUT2D eigenvalue weighted by molar-refractivity contribution is 6.46. The summed E-state index contributed by atoms with van der Waals surface area (Å²) < 4.78 is 18.7. The third-order valence-electron chi connectivity index (χ3n) is 5.17. The molecule has 2 heterocycles. The summed E-state index contributed by atoms with van der Waals surface area (Å²) in [6, 6.07) is 14.7. The summed E-state index contributed by atoms with van der Waals surface area (Å²) in [5.74, 6) is -1.81. The second-order valence-electron chi connectivity index (χ2n) is 7.07. The van der Waals surface area contributed by atoms with E-state index in [2.05, 4.69) is 4.98 Å². The van der Waals surface area contributed by atoms with E-state index in [0.717, 1.165) is 5.56 Å². The number of ketones is 1. The lowest BCUT2D eigenvalue weighted by molar-refractivity contribution is -0.140. The Morgan fingerprint density at radius 2 is 1.81 bits per heavy atom. The number of carbonyl (C=O) groups is 2. The number of nitrogens with zero attached hydrogens (tertiary/aromatic N) is 2. The molecule has 1 fully saturated rings. The Labute approximate surface area is 178 Å². The smallest absolute Gasteiger partial charge is 0.295 e. The molecule has 31 heavy (non-hydrogen) atoms. The molecule has 7 heteroatoms. The fourth-order valence-electron chi connectivity index (χ4n) is 3.65. The minimum Gasteiger partial charge on any atom is -0.507 e. The van der Waals surface area contributed by atoms with Crippen molar-refractivity contribution in [1.29, 1.82) is 0 Å². The number of hydrogen-bond acceptors (Lipinski definition) is 5. The van der Waals surface area contributed by atoms with Crippen LogP contribution in [0, 0.1) is 5.82 Å². The van der Waals surface area contributed by atoms with Gasteiger partial charge >= 0.3 is 0 Å². The SMILES string of the molecule is COc1cccc(/C(O)=C2/C(=O)C(=O)N(Cc3ccncc3)C2c2ccc(F)cc2)c1. The number of aromatic nitrogens is 1. The van der Waals surface area contributed by atoms with Crippen molar-refractivity contribution in [3.8, 4) is 5.75 Å². The number of methoxy groups -OCH3 is 1. The molecule has 0 radical (unpaired) electrons. The van der Waals surface area contributed by atoms with Crippen LogP contribution in [0.5, 0.6) is 5.75 Å². The number of pyridine rings is 1. The predicted octanol–water partition coefficient (Wildman–Crippen LogP) is 3.85. The number of aliphatic hydroxyl groups excluding tert-OH is 1. The van der Waals surface area contributed by atoms with Gasteiger partial charge in [0.25, 0.3) is 11.7 Å². The minimum atomic E-state index is -0.875. The monoisotopic (exact) mass is 418 g/mol. The molecule has 0 bridgehead atoms. The average Bonchev–Trinajstić information content (AvgIpc) is 3.05. The topological polar surface area (TPSA) is 79.7 Å². The zero-order chi connectivity index (χ0) is 22.0. The summed E-state index contributed by atoms with van der Waals surface area (Å²) in [5, 5.41) is 11.0. The lowest BCUT2D eigenvalue weighted by Crippen LogP contribution is -2.29. The first kappa shape index (κ1) is 20.3. The highest BCUT2D eigenvalue weighted by Crippen LogP contribution is 2.40. The first-order chi connectivity index (χ1) is 15.0. The molecule has 1 aliphatic rings. The summed E-state index contributed by atoms with van der Waals surface area (Å²) in [4.78, 5) is 31.3. The van der Waals surface area contributed by atoms with Crippen LogP contribution < -0.4 is 4.74 Å². The van der Waals surface area contributed by atoms with Crippen molar-refractivity contribution in [3.05, 3.63) is 101 Å². The van der Waals surface area contributed by atoms with Crippen molar-refractivity contribution < 1.29 is 23.8 Å². The fourth-order valence-corrected chi connectivity index (χ4v) is 3.65. The van der Waals surface area contributed by atoms with Gasteiger partial charge in [-0.3, -0.25) is 14.6 Å². The Bertz CT molecular complexity index is 1160. The minimum absolute atomic E-state index is 0.0566. The van der Waals surface area contributed by atoms with Crippen LogP contribution in [0.3, 0.4) is 0 Å². The fraction of sp³-hybridized carbons (Fsp3) is 0.125. The molecule has 6 nitrogen and oxygen atoms in total. The number of ether oxygens (including phenoxy) is 1. The Balaban J connectivity index is 1.86. The molecule has 0 saturated carbocycles. The van der Waals surface area contributed by atoms with Gasteiger partial charge in [-0.05, 0) is 47.5 Å². The number of aliphatic hydroxyl groups is 1. The molecule has 2 aromatic carbocycles. The van der Waals surface area contributed by atoms with Crippen LogP contribution in [0.4, 0.5) is 4.39 Å². The second kappa shape index (κ2) is 8.39. The van der Waals surface area contributed by atoms with E-state index >= 15 is 0 Å². The van der Waals surface area contributed by atoms with Gasteiger partial charge < -0.3 is 14.7 Å². The lowest BCUT2D eigenvalue weighted by Gasteiger charge is -2.25. The Morgan fingerprint density at radius 3 is 2.48 bits per heavy atom. The molecule has 1 atom stereocenters. The quantitative estimate of drug-likeness (QED) is 0.387. The van der Waals surface area contributed by atoms with E-state index in [9.17, 15) is 19.1 Å². The molecule has 156 valence electrons. The van der Waals surface area contributed by atoms with Gasteiger partial charge in [0, 0.05) is 24.5 Å². The summed E-state index contributed by atoms with van der Waals surface area (Å²) in [6.45, 7) is 0.129. The summed E-state index contributed by atoms with van der Waals surface area (Å²) >= 11 is 0.